The van der Waals surface area contributed by atoms with Gasteiger partial charge in [0.1, 0.15) is 0 Å². The Hall–Kier alpha value is -1.11. The number of nitrogens with one attached hydrogen (secondary N) is 2. The summed E-state index contributed by atoms with van der Waals surface area (Å²) >= 11 is 0. The monoisotopic (exact) mass is 229 g/mol. The van der Waals surface area contributed by atoms with Crippen LogP contribution in [0.5, 0.6) is 0 Å². The molecule has 0 aliphatic rings. The Bertz CT molecular complexity index is 431. The van der Waals surface area contributed by atoms with Gasteiger partial charge in [0.25, 0.3) is 10.2 Å². The van der Waals surface area contributed by atoms with Crippen molar-refractivity contribution >= 4 is 15.9 Å². The van der Waals surface area contributed by atoms with Crippen molar-refractivity contribution in [1.82, 2.24) is 9.44 Å². The van der Waals surface area contributed by atoms with E-state index in [1.807, 2.05) is 6.07 Å². The lowest BCUT2D eigenvalue weighted by atomic mass is 10.1. The van der Waals surface area contributed by atoms with Crippen molar-refractivity contribution in [3.8, 4) is 0 Å². The third-order valence-electron chi connectivity index (χ3n) is 2.01. The molecule has 0 aliphatic carbocycles. The number of hydrogen-bond acceptors (Lipinski definition) is 3. The number of hydrogen-bond donors (Lipinski definition) is 3. The minimum atomic E-state index is -3.42. The van der Waals surface area contributed by atoms with Crippen LogP contribution in [-0.2, 0) is 10.2 Å². The van der Waals surface area contributed by atoms with Gasteiger partial charge in [-0.1, -0.05) is 12.1 Å². The average Bonchev–Trinajstić information content (AvgIpc) is 2.17. The Morgan fingerprint density at radius 1 is 1.40 bits per heavy atom. The molecule has 0 aliphatic heterocycles. The van der Waals surface area contributed by atoms with Crippen LogP contribution in [0.1, 0.15) is 18.5 Å². The van der Waals surface area contributed by atoms with Crippen LogP contribution in [0.3, 0.4) is 0 Å². The Kier molecular flexibility index (Phi) is 3.67. The standard InChI is InChI=1S/C9H15N3O2S/c1-7(12-15(13,14)11-2)8-4-3-5-9(10)6-8/h3-7,11-12H,10H2,1-2H3. The lowest BCUT2D eigenvalue weighted by molar-refractivity contribution is 0.558. The molecule has 1 atom stereocenters. The number of nitrogen functional groups attached to an aromatic ring is 1. The third kappa shape index (κ3) is 3.50. The molecule has 0 fully saturated rings. The minimum absolute atomic E-state index is 0.314. The minimum Gasteiger partial charge on any atom is -0.399 e. The van der Waals surface area contributed by atoms with Crippen molar-refractivity contribution in [2.75, 3.05) is 12.8 Å². The molecule has 6 heteroatoms. The predicted molar refractivity (Wildman–Crippen MR) is 60.4 cm³/mol. The molecule has 1 unspecified atom stereocenters. The molecule has 84 valence electrons. The Morgan fingerprint density at radius 2 is 2.07 bits per heavy atom. The molecule has 0 radical (unpaired) electrons. The van der Waals surface area contributed by atoms with Gasteiger partial charge in [0, 0.05) is 18.8 Å². The van der Waals surface area contributed by atoms with Gasteiger partial charge in [0.2, 0.25) is 0 Å². The van der Waals surface area contributed by atoms with E-state index in [1.165, 1.54) is 7.05 Å². The second kappa shape index (κ2) is 4.61. The number of anilines is 1. The summed E-state index contributed by atoms with van der Waals surface area (Å²) in [6, 6.07) is 6.78. The fraction of sp³-hybridized carbons (Fsp3) is 0.333. The molecular weight excluding hydrogens is 214 g/mol. The van der Waals surface area contributed by atoms with Crippen LogP contribution in [0.25, 0.3) is 0 Å². The van der Waals surface area contributed by atoms with Crippen molar-refractivity contribution in [3.63, 3.8) is 0 Å². The van der Waals surface area contributed by atoms with Crippen molar-refractivity contribution in [3.05, 3.63) is 29.8 Å². The first-order valence-corrected chi connectivity index (χ1v) is 5.99. The fourth-order valence-corrected chi connectivity index (χ4v) is 1.91. The van der Waals surface area contributed by atoms with E-state index in [1.54, 1.807) is 25.1 Å². The Balaban J connectivity index is 2.82. The highest BCUT2D eigenvalue weighted by atomic mass is 32.2. The van der Waals surface area contributed by atoms with Gasteiger partial charge in [0.15, 0.2) is 0 Å². The number of benzene rings is 1. The van der Waals surface area contributed by atoms with Gasteiger partial charge in [-0.3, -0.25) is 0 Å². The van der Waals surface area contributed by atoms with E-state index in [2.05, 4.69) is 9.44 Å². The van der Waals surface area contributed by atoms with E-state index in [0.717, 1.165) is 5.56 Å². The summed E-state index contributed by atoms with van der Waals surface area (Å²) in [6.45, 7) is 1.75. The van der Waals surface area contributed by atoms with Gasteiger partial charge in [-0.05, 0) is 24.6 Å². The zero-order valence-electron chi connectivity index (χ0n) is 8.69. The van der Waals surface area contributed by atoms with Crippen LogP contribution in [0.15, 0.2) is 24.3 Å². The molecule has 15 heavy (non-hydrogen) atoms. The molecule has 1 aromatic rings. The molecule has 4 N–H and O–H groups in total. The molecule has 0 saturated heterocycles. The van der Waals surface area contributed by atoms with E-state index < -0.39 is 10.2 Å². The van der Waals surface area contributed by atoms with E-state index in [0.29, 0.717) is 5.69 Å². The van der Waals surface area contributed by atoms with E-state index >= 15 is 0 Å². The summed E-state index contributed by atoms with van der Waals surface area (Å²) in [6.07, 6.45) is 0. The van der Waals surface area contributed by atoms with Gasteiger partial charge < -0.3 is 5.73 Å². The van der Waals surface area contributed by atoms with Crippen LogP contribution in [0.4, 0.5) is 5.69 Å². The van der Waals surface area contributed by atoms with Gasteiger partial charge in [0.05, 0.1) is 0 Å². The SMILES string of the molecule is CNS(=O)(=O)NC(C)c1cccc(N)c1. The van der Waals surface area contributed by atoms with E-state index in [-0.39, 0.29) is 6.04 Å². The van der Waals surface area contributed by atoms with Crippen LogP contribution < -0.4 is 15.2 Å². The zero-order valence-corrected chi connectivity index (χ0v) is 9.51. The quantitative estimate of drug-likeness (QED) is 0.653. The maximum atomic E-state index is 11.2. The highest BCUT2D eigenvalue weighted by Crippen LogP contribution is 2.15. The van der Waals surface area contributed by atoms with Crippen molar-refractivity contribution in [2.45, 2.75) is 13.0 Å². The summed E-state index contributed by atoms with van der Waals surface area (Å²) in [7, 11) is -2.06. The second-order valence-electron chi connectivity index (χ2n) is 3.22. The Labute approximate surface area is 89.9 Å². The molecule has 0 amide bonds. The van der Waals surface area contributed by atoms with Gasteiger partial charge in [-0.2, -0.15) is 13.1 Å². The van der Waals surface area contributed by atoms with Crippen LogP contribution in [0, 0.1) is 0 Å². The lowest BCUT2D eigenvalue weighted by Crippen LogP contribution is -2.35. The van der Waals surface area contributed by atoms with Crippen LogP contribution >= 0.6 is 0 Å². The van der Waals surface area contributed by atoms with Crippen LogP contribution in [-0.4, -0.2) is 15.5 Å². The number of nitrogens with two attached hydrogens (primary N) is 1. The molecular formula is C9H15N3O2S. The molecule has 0 heterocycles. The van der Waals surface area contributed by atoms with E-state index in [4.69, 9.17) is 5.73 Å². The largest absolute Gasteiger partial charge is 0.399 e. The summed E-state index contributed by atoms with van der Waals surface area (Å²) in [5.74, 6) is 0. The molecule has 0 aromatic heterocycles. The first-order chi connectivity index (χ1) is 6.94. The lowest BCUT2D eigenvalue weighted by Gasteiger charge is -2.14. The third-order valence-corrected chi connectivity index (χ3v) is 3.21. The van der Waals surface area contributed by atoms with Gasteiger partial charge >= 0.3 is 0 Å². The zero-order chi connectivity index (χ0) is 11.5. The highest BCUT2D eigenvalue weighted by Gasteiger charge is 2.13. The number of rotatable bonds is 4. The maximum Gasteiger partial charge on any atom is 0.277 e. The van der Waals surface area contributed by atoms with Gasteiger partial charge in [-0.15, -0.1) is 0 Å². The summed E-state index contributed by atoms with van der Waals surface area (Å²) < 4.78 is 27.1. The first kappa shape index (κ1) is 12.0. The van der Waals surface area contributed by atoms with Gasteiger partial charge in [-0.25, -0.2) is 4.72 Å². The normalized spacial score (nSPS) is 13.7. The Morgan fingerprint density at radius 3 is 2.60 bits per heavy atom. The average molecular weight is 229 g/mol. The molecule has 5 nitrogen and oxygen atoms in total. The molecule has 0 saturated carbocycles. The summed E-state index contributed by atoms with van der Waals surface area (Å²) in [5, 5.41) is 0. The molecule has 1 rings (SSSR count). The highest BCUT2D eigenvalue weighted by molar-refractivity contribution is 7.87. The second-order valence-corrected chi connectivity index (χ2v) is 4.87. The fourth-order valence-electron chi connectivity index (χ4n) is 1.19. The van der Waals surface area contributed by atoms with Crippen LogP contribution in [0.2, 0.25) is 0 Å². The van der Waals surface area contributed by atoms with Crippen molar-refractivity contribution < 1.29 is 8.42 Å². The predicted octanol–water partition coefficient (Wildman–Crippen LogP) is 0.384. The molecule has 1 aromatic carbocycles. The summed E-state index contributed by atoms with van der Waals surface area (Å²) in [4.78, 5) is 0. The topological polar surface area (TPSA) is 84.2 Å². The smallest absolute Gasteiger partial charge is 0.277 e. The summed E-state index contributed by atoms with van der Waals surface area (Å²) in [5.41, 5.74) is 7.04. The first-order valence-electron chi connectivity index (χ1n) is 4.51. The van der Waals surface area contributed by atoms with Crippen molar-refractivity contribution in [2.24, 2.45) is 0 Å². The van der Waals surface area contributed by atoms with Crippen molar-refractivity contribution in [1.29, 1.82) is 0 Å². The van der Waals surface area contributed by atoms with E-state index in [9.17, 15) is 8.42 Å². The maximum absolute atomic E-state index is 11.2. The molecule has 0 spiro atoms. The molecule has 0 bridgehead atoms.